The highest BCUT2D eigenvalue weighted by molar-refractivity contribution is 5.77. The smallest absolute Gasteiger partial charge is 0.258 e. The molecule has 0 amide bonds. The largest absolute Gasteiger partial charge is 0.492 e. The second-order valence-corrected chi connectivity index (χ2v) is 7.56. The third-order valence-electron chi connectivity index (χ3n) is 5.19. The number of hydrogen-bond donors (Lipinski definition) is 1. The summed E-state index contributed by atoms with van der Waals surface area (Å²) >= 11 is 0. The van der Waals surface area contributed by atoms with Gasteiger partial charge < -0.3 is 14.5 Å². The van der Waals surface area contributed by atoms with Gasteiger partial charge in [-0.2, -0.15) is 0 Å². The topological polar surface area (TPSA) is 67.5 Å². The Hall–Kier alpha value is -2.70. The van der Waals surface area contributed by atoms with Gasteiger partial charge in [0.05, 0.1) is 23.6 Å². The van der Waals surface area contributed by atoms with E-state index in [0.29, 0.717) is 24.4 Å². The van der Waals surface area contributed by atoms with Crippen molar-refractivity contribution in [1.82, 2.24) is 14.9 Å². The van der Waals surface area contributed by atoms with Crippen LogP contribution < -0.4 is 10.3 Å². The standard InChI is InChI=1S/C23H27N3O3/c1-17-6-4-7-18(14-17)29-13-11-26(15-19-8-5-12-28-19)16-22-24-21-10-3-2-9-20(21)23(27)25-22/h2-4,6-7,9-10,14,19H,5,8,11-13,15-16H2,1H3,(H,24,25,27). The lowest BCUT2D eigenvalue weighted by Crippen LogP contribution is -2.36. The third kappa shape index (κ3) is 5.22. The maximum Gasteiger partial charge on any atom is 0.258 e. The number of H-pyrrole nitrogens is 1. The number of para-hydroxylation sites is 1. The predicted octanol–water partition coefficient (Wildman–Crippen LogP) is 3.29. The van der Waals surface area contributed by atoms with Crippen molar-refractivity contribution in [2.45, 2.75) is 32.4 Å². The highest BCUT2D eigenvalue weighted by Crippen LogP contribution is 2.16. The molecule has 0 spiro atoms. The van der Waals surface area contributed by atoms with E-state index in [-0.39, 0.29) is 11.7 Å². The Morgan fingerprint density at radius 2 is 2.14 bits per heavy atom. The van der Waals surface area contributed by atoms with E-state index in [0.717, 1.165) is 43.8 Å². The summed E-state index contributed by atoms with van der Waals surface area (Å²) in [5.41, 5.74) is 1.80. The van der Waals surface area contributed by atoms with E-state index < -0.39 is 0 Å². The zero-order valence-corrected chi connectivity index (χ0v) is 16.8. The minimum absolute atomic E-state index is 0.0984. The summed E-state index contributed by atoms with van der Waals surface area (Å²) in [6.07, 6.45) is 2.39. The second-order valence-electron chi connectivity index (χ2n) is 7.56. The van der Waals surface area contributed by atoms with Gasteiger partial charge in [-0.3, -0.25) is 9.69 Å². The lowest BCUT2D eigenvalue weighted by molar-refractivity contribution is 0.0645. The molecule has 0 radical (unpaired) electrons. The molecule has 6 nitrogen and oxygen atoms in total. The molecular formula is C23H27N3O3. The second kappa shape index (κ2) is 9.20. The molecule has 152 valence electrons. The first-order valence-corrected chi connectivity index (χ1v) is 10.2. The molecule has 0 bridgehead atoms. The van der Waals surface area contributed by atoms with Gasteiger partial charge in [0, 0.05) is 19.7 Å². The van der Waals surface area contributed by atoms with Crippen molar-refractivity contribution in [2.24, 2.45) is 0 Å². The number of fused-ring (bicyclic) bond motifs is 1. The molecule has 1 aliphatic heterocycles. The summed E-state index contributed by atoms with van der Waals surface area (Å²) in [4.78, 5) is 22.2. The molecule has 2 aromatic carbocycles. The van der Waals surface area contributed by atoms with Crippen LogP contribution in [0.15, 0.2) is 53.3 Å². The van der Waals surface area contributed by atoms with Gasteiger partial charge in [-0.1, -0.05) is 24.3 Å². The number of aromatic nitrogens is 2. The van der Waals surface area contributed by atoms with Crippen molar-refractivity contribution < 1.29 is 9.47 Å². The zero-order chi connectivity index (χ0) is 20.1. The number of nitrogens with zero attached hydrogens (tertiary/aromatic N) is 2. The quantitative estimate of drug-likeness (QED) is 0.636. The molecule has 1 aliphatic rings. The van der Waals surface area contributed by atoms with Crippen molar-refractivity contribution in [3.8, 4) is 5.75 Å². The van der Waals surface area contributed by atoms with Crippen molar-refractivity contribution in [2.75, 3.05) is 26.3 Å². The third-order valence-corrected chi connectivity index (χ3v) is 5.19. The highest BCUT2D eigenvalue weighted by Gasteiger charge is 2.20. The van der Waals surface area contributed by atoms with Crippen LogP contribution in [-0.2, 0) is 11.3 Å². The summed E-state index contributed by atoms with van der Waals surface area (Å²) < 4.78 is 11.8. The average molecular weight is 393 g/mol. The van der Waals surface area contributed by atoms with E-state index in [9.17, 15) is 4.79 Å². The first-order valence-electron chi connectivity index (χ1n) is 10.2. The fourth-order valence-electron chi connectivity index (χ4n) is 3.73. The fraction of sp³-hybridized carbons (Fsp3) is 0.391. The molecule has 6 heteroatoms. The number of benzene rings is 2. The first-order chi connectivity index (χ1) is 14.2. The number of aromatic amines is 1. The maximum absolute atomic E-state index is 12.4. The Labute approximate surface area is 170 Å². The van der Waals surface area contributed by atoms with Crippen LogP contribution in [0.25, 0.3) is 10.9 Å². The van der Waals surface area contributed by atoms with Gasteiger partial charge in [-0.05, 0) is 49.6 Å². The van der Waals surface area contributed by atoms with Crippen LogP contribution in [0.5, 0.6) is 5.75 Å². The molecule has 1 saturated heterocycles. The molecule has 1 N–H and O–H groups in total. The fourth-order valence-corrected chi connectivity index (χ4v) is 3.73. The van der Waals surface area contributed by atoms with Crippen LogP contribution in [0.4, 0.5) is 0 Å². The number of nitrogens with one attached hydrogen (secondary N) is 1. The molecule has 0 saturated carbocycles. The SMILES string of the molecule is Cc1cccc(OCCN(Cc2nc3ccccc3c(=O)[nH]2)CC2CCCO2)c1. The molecule has 2 heterocycles. The summed E-state index contributed by atoms with van der Waals surface area (Å²) in [6.45, 7) is 5.52. The predicted molar refractivity (Wildman–Crippen MR) is 113 cm³/mol. The van der Waals surface area contributed by atoms with E-state index in [1.165, 1.54) is 5.56 Å². The van der Waals surface area contributed by atoms with Gasteiger partial charge >= 0.3 is 0 Å². The normalized spacial score (nSPS) is 16.6. The Bertz CT molecular complexity index is 1010. The van der Waals surface area contributed by atoms with Crippen LogP contribution in [0.1, 0.15) is 24.2 Å². The van der Waals surface area contributed by atoms with Crippen LogP contribution >= 0.6 is 0 Å². The summed E-state index contributed by atoms with van der Waals surface area (Å²) in [6, 6.07) is 15.5. The molecule has 29 heavy (non-hydrogen) atoms. The van der Waals surface area contributed by atoms with Gasteiger partial charge in [0.15, 0.2) is 0 Å². The van der Waals surface area contributed by atoms with Gasteiger partial charge in [0.2, 0.25) is 0 Å². The molecule has 1 fully saturated rings. The molecule has 0 aliphatic carbocycles. The van der Waals surface area contributed by atoms with Crippen LogP contribution in [0.2, 0.25) is 0 Å². The van der Waals surface area contributed by atoms with E-state index in [1.54, 1.807) is 6.07 Å². The van der Waals surface area contributed by atoms with Crippen molar-refractivity contribution in [1.29, 1.82) is 0 Å². The summed E-state index contributed by atoms with van der Waals surface area (Å²) in [5.74, 6) is 1.54. The monoisotopic (exact) mass is 393 g/mol. The molecule has 1 unspecified atom stereocenters. The van der Waals surface area contributed by atoms with Crippen LogP contribution in [0, 0.1) is 6.92 Å². The van der Waals surface area contributed by atoms with Crippen molar-refractivity contribution in [3.05, 3.63) is 70.3 Å². The summed E-state index contributed by atoms with van der Waals surface area (Å²) in [5, 5.41) is 0.615. The van der Waals surface area contributed by atoms with Gasteiger partial charge in [0.1, 0.15) is 18.2 Å². The average Bonchev–Trinajstić information content (AvgIpc) is 3.21. The van der Waals surface area contributed by atoms with E-state index >= 15 is 0 Å². The van der Waals surface area contributed by atoms with E-state index in [1.807, 2.05) is 36.4 Å². The minimum atomic E-state index is -0.0984. The number of rotatable bonds is 8. The molecule has 4 rings (SSSR count). The van der Waals surface area contributed by atoms with E-state index in [4.69, 9.17) is 9.47 Å². The molecular weight excluding hydrogens is 366 g/mol. The number of aryl methyl sites for hydroxylation is 1. The molecule has 1 atom stereocenters. The van der Waals surface area contributed by atoms with Crippen LogP contribution in [-0.4, -0.2) is 47.3 Å². The van der Waals surface area contributed by atoms with Gasteiger partial charge in [0.25, 0.3) is 5.56 Å². The Morgan fingerprint density at radius 3 is 2.97 bits per heavy atom. The maximum atomic E-state index is 12.4. The highest BCUT2D eigenvalue weighted by atomic mass is 16.5. The minimum Gasteiger partial charge on any atom is -0.492 e. The van der Waals surface area contributed by atoms with E-state index in [2.05, 4.69) is 27.9 Å². The Kier molecular flexibility index (Phi) is 6.22. The van der Waals surface area contributed by atoms with Crippen molar-refractivity contribution >= 4 is 10.9 Å². The Morgan fingerprint density at radius 1 is 1.24 bits per heavy atom. The lowest BCUT2D eigenvalue weighted by atomic mass is 10.2. The summed E-state index contributed by atoms with van der Waals surface area (Å²) in [7, 11) is 0. The lowest BCUT2D eigenvalue weighted by Gasteiger charge is -2.24. The van der Waals surface area contributed by atoms with Gasteiger partial charge in [-0.15, -0.1) is 0 Å². The van der Waals surface area contributed by atoms with Gasteiger partial charge in [-0.25, -0.2) is 4.98 Å². The number of ether oxygens (including phenoxy) is 2. The first kappa shape index (κ1) is 19.6. The molecule has 3 aromatic rings. The molecule has 1 aromatic heterocycles. The zero-order valence-electron chi connectivity index (χ0n) is 16.8. The van der Waals surface area contributed by atoms with Crippen molar-refractivity contribution in [3.63, 3.8) is 0 Å². The number of hydrogen-bond acceptors (Lipinski definition) is 5. The Balaban J connectivity index is 1.45. The van der Waals surface area contributed by atoms with Crippen LogP contribution in [0.3, 0.4) is 0 Å².